The highest BCUT2D eigenvalue weighted by atomic mass is 16.5. The Labute approximate surface area is 173 Å². The molecule has 0 bridgehead atoms. The van der Waals surface area contributed by atoms with Gasteiger partial charge in [0.25, 0.3) is 5.91 Å². The van der Waals surface area contributed by atoms with Crippen molar-refractivity contribution in [1.29, 1.82) is 0 Å². The summed E-state index contributed by atoms with van der Waals surface area (Å²) >= 11 is 0. The fourth-order valence-electron chi connectivity index (χ4n) is 3.58. The maximum Gasteiger partial charge on any atom is 0.394 e. The van der Waals surface area contributed by atoms with Crippen LogP contribution in [0.3, 0.4) is 0 Å². The topological polar surface area (TPSA) is 125 Å². The average molecular weight is 412 g/mol. The molecule has 8 nitrogen and oxygen atoms in total. The number of phenols is 1. The zero-order valence-corrected chi connectivity index (χ0v) is 16.8. The highest BCUT2D eigenvalue weighted by molar-refractivity contribution is 6.36. The molecule has 1 aliphatic carbocycles. The van der Waals surface area contributed by atoms with E-state index >= 15 is 0 Å². The van der Waals surface area contributed by atoms with E-state index in [-0.39, 0.29) is 23.3 Å². The second-order valence-corrected chi connectivity index (χ2v) is 7.43. The molecule has 0 saturated heterocycles. The predicted molar refractivity (Wildman–Crippen MR) is 110 cm³/mol. The number of ether oxygens (including phenoxy) is 1. The fourth-order valence-corrected chi connectivity index (χ4v) is 3.58. The Hall–Kier alpha value is -3.55. The second-order valence-electron chi connectivity index (χ2n) is 7.43. The summed E-state index contributed by atoms with van der Waals surface area (Å²) in [5.41, 5.74) is 1.81. The van der Waals surface area contributed by atoms with Crippen molar-refractivity contribution in [1.82, 2.24) is 5.32 Å². The number of carboxylic acid groups (broad SMARTS) is 1. The van der Waals surface area contributed by atoms with Crippen LogP contribution < -0.4 is 15.4 Å². The summed E-state index contributed by atoms with van der Waals surface area (Å²) in [5.74, 6) is -2.28. The van der Waals surface area contributed by atoms with Gasteiger partial charge in [-0.1, -0.05) is 12.8 Å². The molecule has 158 valence electrons. The Morgan fingerprint density at radius 3 is 2.27 bits per heavy atom. The number of hydrogen-bond acceptors (Lipinski definition) is 5. The van der Waals surface area contributed by atoms with Gasteiger partial charge in [0.15, 0.2) is 0 Å². The number of aromatic hydroxyl groups is 1. The van der Waals surface area contributed by atoms with E-state index in [1.807, 2.05) is 0 Å². The Morgan fingerprint density at radius 1 is 1.03 bits per heavy atom. The van der Waals surface area contributed by atoms with Gasteiger partial charge in [0.05, 0.1) is 5.56 Å². The highest BCUT2D eigenvalue weighted by Crippen LogP contribution is 2.33. The molecule has 1 fully saturated rings. The fraction of sp³-hybridized carbons (Fsp3) is 0.318. The van der Waals surface area contributed by atoms with Gasteiger partial charge < -0.3 is 25.6 Å². The van der Waals surface area contributed by atoms with Crippen LogP contribution in [0.5, 0.6) is 17.2 Å². The van der Waals surface area contributed by atoms with Gasteiger partial charge in [0, 0.05) is 11.7 Å². The van der Waals surface area contributed by atoms with E-state index in [1.165, 1.54) is 12.1 Å². The molecule has 0 heterocycles. The SMILES string of the molecule is Cc1cc(NC(=O)C(=O)O)cc(C)c1Oc1ccc(O)c(C(=O)NC2CCCC2)c1. The van der Waals surface area contributed by atoms with Crippen molar-refractivity contribution in [3.8, 4) is 17.2 Å². The Bertz CT molecular complexity index is 972. The predicted octanol–water partition coefficient (Wildman–Crippen LogP) is 3.50. The number of carboxylic acids is 1. The standard InChI is InChI=1S/C22H24N2O6/c1-12-9-15(24-21(27)22(28)29)10-13(2)19(12)30-16-7-8-18(25)17(11-16)20(26)23-14-5-3-4-6-14/h7-11,14,25H,3-6H2,1-2H3,(H,23,26)(H,24,27)(H,28,29). The first-order valence-corrected chi connectivity index (χ1v) is 9.72. The molecule has 0 unspecified atom stereocenters. The quantitative estimate of drug-likeness (QED) is 0.557. The van der Waals surface area contributed by atoms with Crippen LogP contribution in [0.15, 0.2) is 30.3 Å². The second kappa shape index (κ2) is 8.86. The van der Waals surface area contributed by atoms with Crippen LogP contribution in [0.25, 0.3) is 0 Å². The number of aliphatic carboxylic acids is 1. The molecule has 8 heteroatoms. The van der Waals surface area contributed by atoms with Gasteiger partial charge in [-0.2, -0.15) is 0 Å². The van der Waals surface area contributed by atoms with Crippen LogP contribution in [-0.4, -0.2) is 34.0 Å². The van der Waals surface area contributed by atoms with Crippen LogP contribution in [-0.2, 0) is 9.59 Å². The zero-order valence-electron chi connectivity index (χ0n) is 16.8. The number of amides is 2. The minimum Gasteiger partial charge on any atom is -0.507 e. The van der Waals surface area contributed by atoms with Gasteiger partial charge >= 0.3 is 11.9 Å². The van der Waals surface area contributed by atoms with E-state index in [0.717, 1.165) is 25.7 Å². The molecular formula is C22H24N2O6. The summed E-state index contributed by atoms with van der Waals surface area (Å²) in [6, 6.07) is 7.76. The molecular weight excluding hydrogens is 388 g/mol. The number of anilines is 1. The van der Waals surface area contributed by atoms with E-state index in [4.69, 9.17) is 9.84 Å². The Morgan fingerprint density at radius 2 is 1.67 bits per heavy atom. The zero-order chi connectivity index (χ0) is 21.8. The average Bonchev–Trinajstić information content (AvgIpc) is 3.18. The largest absolute Gasteiger partial charge is 0.507 e. The number of nitrogens with one attached hydrogen (secondary N) is 2. The first-order valence-electron chi connectivity index (χ1n) is 9.72. The highest BCUT2D eigenvalue weighted by Gasteiger charge is 2.21. The molecule has 0 aliphatic heterocycles. The lowest BCUT2D eigenvalue weighted by Crippen LogP contribution is -2.32. The number of carbonyl (C=O) groups is 3. The summed E-state index contributed by atoms with van der Waals surface area (Å²) in [6.45, 7) is 3.51. The summed E-state index contributed by atoms with van der Waals surface area (Å²) in [7, 11) is 0. The number of phenolic OH excluding ortho intramolecular Hbond substituents is 1. The minimum absolute atomic E-state index is 0.125. The molecule has 1 aliphatic rings. The van der Waals surface area contributed by atoms with Crippen molar-refractivity contribution in [2.45, 2.75) is 45.6 Å². The van der Waals surface area contributed by atoms with E-state index in [0.29, 0.717) is 28.3 Å². The normalized spacial score (nSPS) is 13.7. The van der Waals surface area contributed by atoms with Crippen molar-refractivity contribution in [2.24, 2.45) is 0 Å². The van der Waals surface area contributed by atoms with Crippen LogP contribution in [0.4, 0.5) is 5.69 Å². The van der Waals surface area contributed by atoms with Crippen molar-refractivity contribution in [3.05, 3.63) is 47.0 Å². The molecule has 2 aromatic carbocycles. The summed E-state index contributed by atoms with van der Waals surface area (Å²) in [6.07, 6.45) is 4.04. The molecule has 0 aromatic heterocycles. The van der Waals surface area contributed by atoms with Gasteiger partial charge in [-0.05, 0) is 68.1 Å². The monoisotopic (exact) mass is 412 g/mol. The van der Waals surface area contributed by atoms with Crippen LogP contribution in [0.2, 0.25) is 0 Å². The van der Waals surface area contributed by atoms with Crippen LogP contribution >= 0.6 is 0 Å². The van der Waals surface area contributed by atoms with E-state index < -0.39 is 11.9 Å². The van der Waals surface area contributed by atoms with Gasteiger partial charge in [-0.3, -0.25) is 9.59 Å². The van der Waals surface area contributed by atoms with Gasteiger partial charge in [-0.25, -0.2) is 4.79 Å². The van der Waals surface area contributed by atoms with Crippen LogP contribution in [0.1, 0.15) is 47.2 Å². The van der Waals surface area contributed by atoms with Gasteiger partial charge in [0.2, 0.25) is 0 Å². The Balaban J connectivity index is 1.79. The van der Waals surface area contributed by atoms with Crippen molar-refractivity contribution >= 4 is 23.5 Å². The molecule has 4 N–H and O–H groups in total. The first-order chi connectivity index (χ1) is 14.2. The third-order valence-corrected chi connectivity index (χ3v) is 5.04. The lowest BCUT2D eigenvalue weighted by atomic mass is 10.1. The van der Waals surface area contributed by atoms with Crippen molar-refractivity contribution in [2.75, 3.05) is 5.32 Å². The van der Waals surface area contributed by atoms with Gasteiger partial charge in [-0.15, -0.1) is 0 Å². The molecule has 30 heavy (non-hydrogen) atoms. The van der Waals surface area contributed by atoms with Crippen molar-refractivity contribution in [3.63, 3.8) is 0 Å². The third-order valence-electron chi connectivity index (χ3n) is 5.04. The third kappa shape index (κ3) is 4.89. The maximum atomic E-state index is 12.5. The van der Waals surface area contributed by atoms with Gasteiger partial charge in [0.1, 0.15) is 17.2 Å². The molecule has 2 aromatic rings. The molecule has 0 radical (unpaired) electrons. The molecule has 3 rings (SSSR count). The molecule has 1 saturated carbocycles. The molecule has 2 amide bonds. The number of benzene rings is 2. The number of aryl methyl sites for hydroxylation is 2. The summed E-state index contributed by atoms with van der Waals surface area (Å²) in [5, 5.41) is 24.1. The number of rotatable bonds is 5. The smallest absolute Gasteiger partial charge is 0.394 e. The lowest BCUT2D eigenvalue weighted by molar-refractivity contribution is -0.147. The molecule has 0 atom stereocenters. The summed E-state index contributed by atoms with van der Waals surface area (Å²) in [4.78, 5) is 34.6. The Kier molecular flexibility index (Phi) is 6.25. The molecule has 0 spiro atoms. The van der Waals surface area contributed by atoms with E-state index in [2.05, 4.69) is 10.6 Å². The van der Waals surface area contributed by atoms with Crippen molar-refractivity contribution < 1.29 is 29.3 Å². The number of carbonyl (C=O) groups excluding carboxylic acids is 2. The van der Waals surface area contributed by atoms with E-state index in [1.54, 1.807) is 32.0 Å². The lowest BCUT2D eigenvalue weighted by Gasteiger charge is -2.16. The first kappa shape index (κ1) is 21.2. The maximum absolute atomic E-state index is 12.5. The number of hydrogen-bond donors (Lipinski definition) is 4. The minimum atomic E-state index is -1.57. The van der Waals surface area contributed by atoms with E-state index in [9.17, 15) is 19.5 Å². The summed E-state index contributed by atoms with van der Waals surface area (Å²) < 4.78 is 5.94. The van der Waals surface area contributed by atoms with Crippen LogP contribution in [0, 0.1) is 13.8 Å².